The third-order valence-corrected chi connectivity index (χ3v) is 0.876. The van der Waals surface area contributed by atoms with E-state index in [9.17, 15) is 4.79 Å². The fraction of sp³-hybridized carbons (Fsp3) is 0. The molecule has 4 N–H and O–H groups in total. The standard InChI is InChI=1S/C3H6O6S/c1-2(3(4)5)9-10(6,7)8/h6-8H,1H2,(H,4,5). The maximum absolute atomic E-state index is 9.83. The van der Waals surface area contributed by atoms with E-state index in [0.717, 1.165) is 0 Å². The second kappa shape index (κ2) is 2.88. The molecule has 0 unspecified atom stereocenters. The second-order valence-corrected chi connectivity index (χ2v) is 2.38. The number of carbonyl (C=O) groups is 1. The van der Waals surface area contributed by atoms with Crippen LogP contribution < -0.4 is 0 Å². The molecule has 0 heterocycles. The minimum absolute atomic E-state index is 0.928. The Balaban J connectivity index is 3.93. The first-order valence-electron chi connectivity index (χ1n) is 1.95. The van der Waals surface area contributed by atoms with Crippen LogP contribution in [-0.2, 0) is 8.98 Å². The van der Waals surface area contributed by atoms with E-state index in [-0.39, 0.29) is 0 Å². The summed E-state index contributed by atoms with van der Waals surface area (Å²) in [4.78, 5) is 9.83. The largest absolute Gasteiger partial charge is 0.475 e. The Morgan fingerprint density at radius 3 is 1.90 bits per heavy atom. The number of hydrogen-bond donors (Lipinski definition) is 4. The highest BCUT2D eigenvalue weighted by molar-refractivity contribution is 8.15. The van der Waals surface area contributed by atoms with E-state index in [0.29, 0.717) is 0 Å². The number of aliphatic carboxylic acids is 1. The van der Waals surface area contributed by atoms with Crippen molar-refractivity contribution in [2.45, 2.75) is 0 Å². The van der Waals surface area contributed by atoms with Crippen LogP contribution in [0.5, 0.6) is 0 Å². The van der Waals surface area contributed by atoms with Crippen molar-refractivity contribution in [2.24, 2.45) is 0 Å². The van der Waals surface area contributed by atoms with Crippen LogP contribution in [-0.4, -0.2) is 24.7 Å². The first-order valence-corrected chi connectivity index (χ1v) is 3.38. The number of rotatable bonds is 3. The first kappa shape index (κ1) is 9.24. The second-order valence-electron chi connectivity index (χ2n) is 1.28. The molecule has 0 aromatic heterocycles. The fourth-order valence-electron chi connectivity index (χ4n) is 0.171. The predicted molar refractivity (Wildman–Crippen MR) is 33.3 cm³/mol. The Kier molecular flexibility index (Phi) is 2.66. The molecule has 6 nitrogen and oxygen atoms in total. The Hall–Kier alpha value is -0.760. The van der Waals surface area contributed by atoms with E-state index >= 15 is 0 Å². The third kappa shape index (κ3) is 4.15. The van der Waals surface area contributed by atoms with Crippen molar-refractivity contribution in [3.63, 3.8) is 0 Å². The van der Waals surface area contributed by atoms with Crippen LogP contribution in [0.15, 0.2) is 12.3 Å². The Labute approximate surface area is 58.1 Å². The summed E-state index contributed by atoms with van der Waals surface area (Å²) >= 11 is -4.25. The average molecular weight is 170 g/mol. The van der Waals surface area contributed by atoms with E-state index in [1.807, 2.05) is 0 Å². The summed E-state index contributed by atoms with van der Waals surface area (Å²) in [5.41, 5.74) is 0. The van der Waals surface area contributed by atoms with Gasteiger partial charge in [-0.15, -0.1) is 0 Å². The van der Waals surface area contributed by atoms with Gasteiger partial charge in [-0.25, -0.2) is 4.79 Å². The van der Waals surface area contributed by atoms with Gasteiger partial charge in [-0.1, -0.05) is 0 Å². The minimum Gasteiger partial charge on any atom is -0.475 e. The molecule has 0 aliphatic carbocycles. The van der Waals surface area contributed by atoms with E-state index in [2.05, 4.69) is 10.8 Å². The van der Waals surface area contributed by atoms with Gasteiger partial charge >= 0.3 is 5.97 Å². The van der Waals surface area contributed by atoms with Crippen LogP contribution in [0.2, 0.25) is 0 Å². The summed E-state index contributed by atoms with van der Waals surface area (Å²) < 4.78 is 27.9. The van der Waals surface area contributed by atoms with Crippen LogP contribution in [0.4, 0.5) is 0 Å². The summed E-state index contributed by atoms with van der Waals surface area (Å²) in [6, 6.07) is 0. The summed E-state index contributed by atoms with van der Waals surface area (Å²) in [6.45, 7) is 2.76. The van der Waals surface area contributed by atoms with Crippen molar-refractivity contribution in [3.05, 3.63) is 12.3 Å². The summed E-state index contributed by atoms with van der Waals surface area (Å²) in [5.74, 6) is -2.50. The van der Waals surface area contributed by atoms with Crippen LogP contribution in [0.3, 0.4) is 0 Å². The fourth-order valence-corrected chi connectivity index (χ4v) is 0.512. The molecule has 7 heteroatoms. The van der Waals surface area contributed by atoms with Crippen molar-refractivity contribution in [1.82, 2.24) is 0 Å². The average Bonchev–Trinajstić information content (AvgIpc) is 1.60. The van der Waals surface area contributed by atoms with Gasteiger partial charge in [0.2, 0.25) is 5.76 Å². The SMILES string of the molecule is C=C(OS(O)(O)O)C(=O)O. The van der Waals surface area contributed by atoms with Crippen molar-refractivity contribution >= 4 is 17.1 Å². The Morgan fingerprint density at radius 2 is 1.80 bits per heavy atom. The molecule has 0 bridgehead atoms. The van der Waals surface area contributed by atoms with Crippen LogP contribution in [0, 0.1) is 0 Å². The van der Waals surface area contributed by atoms with E-state index in [1.54, 1.807) is 0 Å². The predicted octanol–water partition coefficient (Wildman–Crippen LogP) is 0.740. The van der Waals surface area contributed by atoms with Crippen molar-refractivity contribution < 1.29 is 27.7 Å². The van der Waals surface area contributed by atoms with Crippen LogP contribution in [0.1, 0.15) is 0 Å². The molecule has 0 saturated heterocycles. The van der Waals surface area contributed by atoms with Gasteiger partial charge in [0.05, 0.1) is 0 Å². The molecule has 0 saturated carbocycles. The lowest BCUT2D eigenvalue weighted by Gasteiger charge is -2.17. The maximum atomic E-state index is 9.83. The third-order valence-electron chi connectivity index (χ3n) is 0.451. The molecule has 0 spiro atoms. The number of hydrogen-bond acceptors (Lipinski definition) is 5. The highest BCUT2D eigenvalue weighted by Gasteiger charge is 2.18. The topological polar surface area (TPSA) is 107 Å². The normalized spacial score (nSPS) is 12.3. The molecule has 10 heavy (non-hydrogen) atoms. The Morgan fingerprint density at radius 1 is 1.40 bits per heavy atom. The molecule has 0 aliphatic heterocycles. The number of carboxylic acids is 1. The lowest BCUT2D eigenvalue weighted by atomic mass is 10.6. The van der Waals surface area contributed by atoms with Gasteiger partial charge in [0.25, 0.3) is 11.2 Å². The summed E-state index contributed by atoms with van der Waals surface area (Å²) in [7, 11) is 0. The van der Waals surface area contributed by atoms with Crippen molar-refractivity contribution in [3.8, 4) is 0 Å². The molecule has 0 rings (SSSR count). The quantitative estimate of drug-likeness (QED) is 0.367. The molecule has 0 amide bonds. The van der Waals surface area contributed by atoms with Gasteiger partial charge in [-0.2, -0.15) is 0 Å². The maximum Gasteiger partial charge on any atom is 0.372 e. The monoisotopic (exact) mass is 170 g/mol. The molecule has 0 fully saturated rings. The molecular formula is C3H6O6S. The van der Waals surface area contributed by atoms with Gasteiger partial charge in [-0.05, 0) is 6.58 Å². The first-order chi connectivity index (χ1) is 4.33. The van der Waals surface area contributed by atoms with E-state index < -0.39 is 22.9 Å². The molecule has 0 aromatic carbocycles. The van der Waals surface area contributed by atoms with Crippen molar-refractivity contribution in [2.75, 3.05) is 0 Å². The molecular weight excluding hydrogens is 164 g/mol. The van der Waals surface area contributed by atoms with E-state index in [1.165, 1.54) is 0 Å². The van der Waals surface area contributed by atoms with Gasteiger partial charge < -0.3 is 9.29 Å². The smallest absolute Gasteiger partial charge is 0.372 e. The number of carboxylic acid groups (broad SMARTS) is 1. The summed E-state index contributed by atoms with van der Waals surface area (Å²) in [5, 5.41) is 8.00. The van der Waals surface area contributed by atoms with Gasteiger partial charge in [-0.3, -0.25) is 13.7 Å². The highest BCUT2D eigenvalue weighted by Crippen LogP contribution is 2.36. The van der Waals surface area contributed by atoms with Crippen molar-refractivity contribution in [1.29, 1.82) is 0 Å². The molecule has 0 aliphatic rings. The molecule has 0 radical (unpaired) electrons. The van der Waals surface area contributed by atoms with Gasteiger partial charge in [0, 0.05) is 0 Å². The zero-order chi connectivity index (χ0) is 8.36. The molecule has 0 aromatic rings. The van der Waals surface area contributed by atoms with Gasteiger partial charge in [0.1, 0.15) is 0 Å². The van der Waals surface area contributed by atoms with Gasteiger partial charge in [0.15, 0.2) is 0 Å². The zero-order valence-corrected chi connectivity index (χ0v) is 5.54. The lowest BCUT2D eigenvalue weighted by Crippen LogP contribution is -2.07. The Bertz CT molecular complexity index is 157. The van der Waals surface area contributed by atoms with Crippen LogP contribution >= 0.6 is 11.2 Å². The highest BCUT2D eigenvalue weighted by atomic mass is 32.3. The molecule has 0 atom stereocenters. The minimum atomic E-state index is -4.25. The summed E-state index contributed by atoms with van der Waals surface area (Å²) in [6.07, 6.45) is 0. The van der Waals surface area contributed by atoms with Crippen LogP contribution in [0.25, 0.3) is 0 Å². The van der Waals surface area contributed by atoms with E-state index in [4.69, 9.17) is 18.8 Å². The lowest BCUT2D eigenvalue weighted by molar-refractivity contribution is -0.135. The molecule has 60 valence electrons. The zero-order valence-electron chi connectivity index (χ0n) is 4.72.